The molecule has 0 amide bonds. The van der Waals surface area contributed by atoms with Gasteiger partial charge in [-0.05, 0) is 39.0 Å². The molecule has 0 bridgehead atoms. The van der Waals surface area contributed by atoms with Gasteiger partial charge in [0.25, 0.3) is 0 Å². The standard InChI is InChI=1S/C19H36N4O2/c1-2-20-17(22-16-19(24)9-6-10-19)21-15-18(7-4-3-5-8-18)23-11-13-25-14-12-23/h24H,2-16H2,1H3,(H2,20,21,22). The first-order valence-corrected chi connectivity index (χ1v) is 10.2. The van der Waals surface area contributed by atoms with Crippen LogP contribution < -0.4 is 10.6 Å². The Kier molecular flexibility index (Phi) is 6.58. The van der Waals surface area contributed by atoms with Crippen LogP contribution in [0.3, 0.4) is 0 Å². The molecule has 0 atom stereocenters. The van der Waals surface area contributed by atoms with E-state index >= 15 is 0 Å². The van der Waals surface area contributed by atoms with E-state index in [1.165, 1.54) is 32.1 Å². The number of ether oxygens (including phenoxy) is 1. The first-order chi connectivity index (χ1) is 12.2. The second kappa shape index (κ2) is 8.69. The molecule has 0 aromatic carbocycles. The number of guanidine groups is 1. The largest absolute Gasteiger partial charge is 0.388 e. The molecular formula is C19H36N4O2. The summed E-state index contributed by atoms with van der Waals surface area (Å²) in [5.41, 5.74) is -0.333. The normalized spacial score (nSPS) is 26.7. The molecule has 2 saturated carbocycles. The monoisotopic (exact) mass is 352 g/mol. The molecule has 3 N–H and O–H groups in total. The summed E-state index contributed by atoms with van der Waals surface area (Å²) in [5.74, 6) is 0.848. The molecule has 6 nitrogen and oxygen atoms in total. The summed E-state index contributed by atoms with van der Waals surface area (Å²) >= 11 is 0. The molecule has 6 heteroatoms. The topological polar surface area (TPSA) is 69.1 Å². The van der Waals surface area contributed by atoms with E-state index in [1.807, 2.05) is 0 Å². The fourth-order valence-corrected chi connectivity index (χ4v) is 4.40. The van der Waals surface area contributed by atoms with Crippen molar-refractivity contribution in [3.05, 3.63) is 0 Å². The van der Waals surface area contributed by atoms with Crippen molar-refractivity contribution in [2.24, 2.45) is 4.99 Å². The van der Waals surface area contributed by atoms with Crippen LogP contribution in [0.4, 0.5) is 0 Å². The Balaban J connectivity index is 1.64. The van der Waals surface area contributed by atoms with Crippen molar-refractivity contribution in [2.75, 3.05) is 45.9 Å². The number of hydrogen-bond acceptors (Lipinski definition) is 4. The Bertz CT molecular complexity index is 439. The second-order valence-electron chi connectivity index (χ2n) is 8.01. The summed E-state index contributed by atoms with van der Waals surface area (Å²) < 4.78 is 5.56. The van der Waals surface area contributed by atoms with E-state index in [4.69, 9.17) is 9.73 Å². The number of nitrogens with zero attached hydrogens (tertiary/aromatic N) is 2. The molecule has 0 radical (unpaired) electrons. The van der Waals surface area contributed by atoms with Crippen molar-refractivity contribution in [3.8, 4) is 0 Å². The van der Waals surface area contributed by atoms with Gasteiger partial charge in [0.2, 0.25) is 0 Å². The van der Waals surface area contributed by atoms with Crippen LogP contribution in [-0.4, -0.2) is 73.0 Å². The number of aliphatic imine (C=N–C) groups is 1. The lowest BCUT2D eigenvalue weighted by Crippen LogP contribution is -2.57. The van der Waals surface area contributed by atoms with Crippen LogP contribution in [0.2, 0.25) is 0 Å². The molecule has 0 aromatic rings. The third-order valence-electron chi connectivity index (χ3n) is 6.21. The molecule has 144 valence electrons. The van der Waals surface area contributed by atoms with Crippen LogP contribution in [0.1, 0.15) is 58.3 Å². The van der Waals surface area contributed by atoms with Crippen molar-refractivity contribution >= 4 is 5.96 Å². The Morgan fingerprint density at radius 1 is 1.04 bits per heavy atom. The summed E-state index contributed by atoms with van der Waals surface area (Å²) in [7, 11) is 0. The zero-order valence-corrected chi connectivity index (χ0v) is 15.9. The Morgan fingerprint density at radius 2 is 1.76 bits per heavy atom. The Morgan fingerprint density at radius 3 is 2.36 bits per heavy atom. The molecule has 3 rings (SSSR count). The minimum absolute atomic E-state index is 0.192. The zero-order chi connectivity index (χ0) is 17.6. The van der Waals surface area contributed by atoms with Crippen molar-refractivity contribution in [3.63, 3.8) is 0 Å². The quantitative estimate of drug-likeness (QED) is 0.499. The molecule has 1 saturated heterocycles. The van der Waals surface area contributed by atoms with Crippen LogP contribution in [0.25, 0.3) is 0 Å². The molecule has 2 aliphatic carbocycles. The average molecular weight is 353 g/mol. The van der Waals surface area contributed by atoms with Crippen LogP contribution in [-0.2, 0) is 4.74 Å². The highest BCUT2D eigenvalue weighted by molar-refractivity contribution is 5.79. The number of hydrogen-bond donors (Lipinski definition) is 3. The molecule has 0 spiro atoms. The second-order valence-corrected chi connectivity index (χ2v) is 8.01. The van der Waals surface area contributed by atoms with Gasteiger partial charge in [-0.25, -0.2) is 0 Å². The van der Waals surface area contributed by atoms with Gasteiger partial charge in [-0.1, -0.05) is 19.3 Å². The fraction of sp³-hybridized carbons (Fsp3) is 0.947. The summed E-state index contributed by atoms with van der Waals surface area (Å²) in [6.07, 6.45) is 9.36. The van der Waals surface area contributed by atoms with E-state index in [9.17, 15) is 5.11 Å². The number of aliphatic hydroxyl groups is 1. The number of rotatable bonds is 6. The lowest BCUT2D eigenvalue weighted by atomic mass is 9.80. The summed E-state index contributed by atoms with van der Waals surface area (Å²) in [6, 6.07) is 0. The lowest BCUT2D eigenvalue weighted by molar-refractivity contribution is -0.0336. The van der Waals surface area contributed by atoms with Gasteiger partial charge in [0.15, 0.2) is 5.96 Å². The zero-order valence-electron chi connectivity index (χ0n) is 15.9. The number of nitrogens with one attached hydrogen (secondary N) is 2. The van der Waals surface area contributed by atoms with Gasteiger partial charge in [-0.2, -0.15) is 0 Å². The van der Waals surface area contributed by atoms with Crippen molar-refractivity contribution in [1.82, 2.24) is 15.5 Å². The first-order valence-electron chi connectivity index (χ1n) is 10.2. The molecule has 3 fully saturated rings. The van der Waals surface area contributed by atoms with E-state index in [0.717, 1.165) is 64.6 Å². The van der Waals surface area contributed by atoms with Gasteiger partial charge < -0.3 is 20.5 Å². The lowest BCUT2D eigenvalue weighted by Gasteiger charge is -2.47. The molecular weight excluding hydrogens is 316 g/mol. The summed E-state index contributed by atoms with van der Waals surface area (Å²) in [4.78, 5) is 7.57. The van der Waals surface area contributed by atoms with E-state index in [1.54, 1.807) is 0 Å². The van der Waals surface area contributed by atoms with Crippen molar-refractivity contribution in [2.45, 2.75) is 69.4 Å². The summed E-state index contributed by atoms with van der Waals surface area (Å²) in [6.45, 7) is 8.11. The van der Waals surface area contributed by atoms with E-state index in [-0.39, 0.29) is 5.54 Å². The van der Waals surface area contributed by atoms with E-state index in [2.05, 4.69) is 22.5 Å². The molecule has 25 heavy (non-hydrogen) atoms. The SMILES string of the molecule is CCNC(=NCC1(N2CCOCC2)CCCCC1)NCC1(O)CCC1. The average Bonchev–Trinajstić information content (AvgIpc) is 2.64. The molecule has 1 heterocycles. The van der Waals surface area contributed by atoms with Crippen molar-refractivity contribution < 1.29 is 9.84 Å². The highest BCUT2D eigenvalue weighted by atomic mass is 16.5. The van der Waals surface area contributed by atoms with Crippen molar-refractivity contribution in [1.29, 1.82) is 0 Å². The molecule has 3 aliphatic rings. The van der Waals surface area contributed by atoms with Gasteiger partial charge >= 0.3 is 0 Å². The predicted molar refractivity (Wildman–Crippen MR) is 101 cm³/mol. The molecule has 0 aromatic heterocycles. The maximum absolute atomic E-state index is 10.3. The van der Waals surface area contributed by atoms with Gasteiger partial charge in [-0.15, -0.1) is 0 Å². The minimum atomic E-state index is -0.525. The maximum atomic E-state index is 10.3. The maximum Gasteiger partial charge on any atom is 0.191 e. The van der Waals surface area contributed by atoms with E-state index in [0.29, 0.717) is 6.54 Å². The van der Waals surface area contributed by atoms with Gasteiger partial charge in [0.05, 0.1) is 25.4 Å². The Hall–Kier alpha value is -0.850. The molecule has 1 aliphatic heterocycles. The number of morpholine rings is 1. The Labute approximate surface area is 152 Å². The van der Waals surface area contributed by atoms with Crippen LogP contribution in [0.15, 0.2) is 4.99 Å². The van der Waals surface area contributed by atoms with Crippen LogP contribution in [0, 0.1) is 0 Å². The highest BCUT2D eigenvalue weighted by Crippen LogP contribution is 2.35. The predicted octanol–water partition coefficient (Wildman–Crippen LogP) is 1.49. The van der Waals surface area contributed by atoms with Gasteiger partial charge in [-0.3, -0.25) is 9.89 Å². The van der Waals surface area contributed by atoms with Crippen LogP contribution >= 0.6 is 0 Å². The van der Waals surface area contributed by atoms with E-state index < -0.39 is 5.60 Å². The van der Waals surface area contributed by atoms with Crippen LogP contribution in [0.5, 0.6) is 0 Å². The third kappa shape index (κ3) is 4.86. The van der Waals surface area contributed by atoms with Gasteiger partial charge in [0, 0.05) is 31.7 Å². The summed E-state index contributed by atoms with van der Waals surface area (Å²) in [5, 5.41) is 17.0. The van der Waals surface area contributed by atoms with Gasteiger partial charge in [0.1, 0.15) is 0 Å². The minimum Gasteiger partial charge on any atom is -0.388 e. The fourth-order valence-electron chi connectivity index (χ4n) is 4.40. The smallest absolute Gasteiger partial charge is 0.191 e. The third-order valence-corrected chi connectivity index (χ3v) is 6.21. The highest BCUT2D eigenvalue weighted by Gasteiger charge is 2.39. The molecule has 0 unspecified atom stereocenters. The first kappa shape index (κ1) is 18.9.